The molecule has 3 aromatic heterocycles. The number of aromatic nitrogens is 3. The number of nitrogens with one attached hydrogen (secondary N) is 2. The molecule has 31 heavy (non-hydrogen) atoms. The summed E-state index contributed by atoms with van der Waals surface area (Å²) < 4.78 is 50.1. The second kappa shape index (κ2) is 9.12. The smallest absolute Gasteiger partial charge is 0.378 e. The molecule has 0 aliphatic carbocycles. The molecule has 3 aromatic rings. The fraction of sp³-hybridized carbons (Fsp3) is 0.368. The van der Waals surface area contributed by atoms with Gasteiger partial charge in [-0.2, -0.15) is 13.2 Å². The molecule has 0 aliphatic heterocycles. The minimum absolute atomic E-state index is 0.121. The van der Waals surface area contributed by atoms with Gasteiger partial charge in [0.2, 0.25) is 0 Å². The van der Waals surface area contributed by atoms with Gasteiger partial charge in [-0.1, -0.05) is 11.3 Å². The Hall–Kier alpha value is -2.83. The first-order chi connectivity index (χ1) is 14.6. The molecule has 0 aliphatic rings. The molecule has 2 N–H and O–H groups in total. The van der Waals surface area contributed by atoms with Crippen LogP contribution in [-0.2, 0) is 22.3 Å². The van der Waals surface area contributed by atoms with Crippen LogP contribution in [0.2, 0.25) is 0 Å². The summed E-state index contributed by atoms with van der Waals surface area (Å²) in [5, 5.41) is 5.78. The van der Waals surface area contributed by atoms with Crippen molar-refractivity contribution in [3.05, 3.63) is 40.3 Å². The zero-order valence-corrected chi connectivity index (χ0v) is 17.9. The second-order valence-electron chi connectivity index (χ2n) is 6.58. The molecular weight excluding hydrogens is 435 g/mol. The van der Waals surface area contributed by atoms with Crippen molar-refractivity contribution in [1.29, 1.82) is 0 Å². The maximum atomic E-state index is 13.3. The van der Waals surface area contributed by atoms with E-state index in [4.69, 9.17) is 9.47 Å². The molecule has 12 heteroatoms. The highest BCUT2D eigenvalue weighted by atomic mass is 32.1. The van der Waals surface area contributed by atoms with Crippen molar-refractivity contribution >= 4 is 39.1 Å². The van der Waals surface area contributed by atoms with E-state index in [1.807, 2.05) is 6.92 Å². The van der Waals surface area contributed by atoms with E-state index in [0.717, 1.165) is 17.3 Å². The number of methoxy groups -OCH3 is 2. The third-order valence-corrected chi connectivity index (χ3v) is 5.27. The van der Waals surface area contributed by atoms with Gasteiger partial charge in [-0.05, 0) is 19.9 Å². The van der Waals surface area contributed by atoms with Gasteiger partial charge in [-0.15, -0.1) is 0 Å². The molecular formula is C19H20F3N5O3S. The van der Waals surface area contributed by atoms with Crippen LogP contribution in [-0.4, -0.2) is 35.2 Å². The standard InChI is InChI=1S/C19H20F3N5O3S/c1-9(30-4)15-13(7-24-17-16(15)25-10(2)31-17)27-18(28)26-11-5-12(19(20,21)22)14(8-29-3)23-6-11/h5-7,9H,8H2,1-4H3,(H2,26,27,28). The number of thiazole rings is 1. The largest absolute Gasteiger partial charge is 0.418 e. The summed E-state index contributed by atoms with van der Waals surface area (Å²) in [5.74, 6) is 0. The maximum absolute atomic E-state index is 13.3. The lowest BCUT2D eigenvalue weighted by Gasteiger charge is -2.17. The van der Waals surface area contributed by atoms with Crippen molar-refractivity contribution in [2.24, 2.45) is 0 Å². The van der Waals surface area contributed by atoms with Gasteiger partial charge in [0, 0.05) is 19.8 Å². The average Bonchev–Trinajstić information content (AvgIpc) is 3.08. The summed E-state index contributed by atoms with van der Waals surface area (Å²) in [6, 6.07) is 0.0530. The predicted octanol–water partition coefficient (Wildman–Crippen LogP) is 4.91. The van der Waals surface area contributed by atoms with E-state index in [1.54, 1.807) is 6.92 Å². The Bertz CT molecular complexity index is 1100. The highest BCUT2D eigenvalue weighted by Gasteiger charge is 2.34. The Morgan fingerprint density at radius 3 is 2.61 bits per heavy atom. The van der Waals surface area contributed by atoms with Crippen LogP contribution in [0.3, 0.4) is 0 Å². The van der Waals surface area contributed by atoms with Crippen LogP contribution in [0.4, 0.5) is 29.3 Å². The van der Waals surface area contributed by atoms with Gasteiger partial charge in [0.15, 0.2) is 0 Å². The first-order valence-corrected chi connectivity index (χ1v) is 9.87. The SMILES string of the molecule is COCc1ncc(NC(=O)Nc2cnc3sc(C)nc3c2C(C)OC)cc1C(F)(F)F. The van der Waals surface area contributed by atoms with E-state index in [1.165, 1.54) is 31.8 Å². The van der Waals surface area contributed by atoms with Crippen molar-refractivity contribution in [3.8, 4) is 0 Å². The molecule has 1 atom stereocenters. The zero-order valence-electron chi connectivity index (χ0n) is 17.1. The van der Waals surface area contributed by atoms with Crippen molar-refractivity contribution < 1.29 is 27.4 Å². The highest BCUT2D eigenvalue weighted by molar-refractivity contribution is 7.18. The molecule has 3 heterocycles. The number of anilines is 2. The van der Waals surface area contributed by atoms with Crippen LogP contribution in [0.25, 0.3) is 10.3 Å². The first kappa shape index (κ1) is 22.8. The van der Waals surface area contributed by atoms with E-state index in [9.17, 15) is 18.0 Å². The topological polar surface area (TPSA) is 98.3 Å². The Morgan fingerprint density at radius 2 is 1.97 bits per heavy atom. The van der Waals surface area contributed by atoms with Crippen molar-refractivity contribution in [3.63, 3.8) is 0 Å². The van der Waals surface area contributed by atoms with Gasteiger partial charge >= 0.3 is 12.2 Å². The number of urea groups is 1. The Morgan fingerprint density at radius 1 is 1.23 bits per heavy atom. The lowest BCUT2D eigenvalue weighted by atomic mass is 10.1. The monoisotopic (exact) mass is 455 g/mol. The van der Waals surface area contributed by atoms with E-state index < -0.39 is 23.9 Å². The number of halogens is 3. The highest BCUT2D eigenvalue weighted by Crippen LogP contribution is 2.35. The molecule has 0 bridgehead atoms. The first-order valence-electron chi connectivity index (χ1n) is 9.06. The molecule has 0 saturated carbocycles. The number of ether oxygens (including phenoxy) is 2. The zero-order chi connectivity index (χ0) is 22.8. The van der Waals surface area contributed by atoms with Gasteiger partial charge in [0.25, 0.3) is 0 Å². The fourth-order valence-electron chi connectivity index (χ4n) is 2.97. The molecule has 0 spiro atoms. The van der Waals surface area contributed by atoms with E-state index >= 15 is 0 Å². The third-order valence-electron chi connectivity index (χ3n) is 4.40. The molecule has 0 fully saturated rings. The van der Waals surface area contributed by atoms with Crippen LogP contribution in [0.15, 0.2) is 18.5 Å². The number of rotatable bonds is 6. The van der Waals surface area contributed by atoms with Crippen LogP contribution in [0.5, 0.6) is 0 Å². The molecule has 0 radical (unpaired) electrons. The van der Waals surface area contributed by atoms with Crippen molar-refractivity contribution in [2.45, 2.75) is 32.7 Å². The maximum Gasteiger partial charge on any atom is 0.418 e. The van der Waals surface area contributed by atoms with E-state index in [0.29, 0.717) is 21.6 Å². The molecule has 8 nitrogen and oxygen atoms in total. The number of nitrogens with zero attached hydrogens (tertiary/aromatic N) is 3. The summed E-state index contributed by atoms with van der Waals surface area (Å²) >= 11 is 1.40. The minimum atomic E-state index is -4.65. The van der Waals surface area contributed by atoms with Gasteiger partial charge < -0.3 is 20.1 Å². The fourth-order valence-corrected chi connectivity index (χ4v) is 3.75. The summed E-state index contributed by atoms with van der Waals surface area (Å²) in [6.45, 7) is 3.32. The number of aryl methyl sites for hydroxylation is 1. The molecule has 2 amide bonds. The van der Waals surface area contributed by atoms with E-state index in [-0.39, 0.29) is 18.0 Å². The lowest BCUT2D eigenvalue weighted by molar-refractivity contribution is -0.139. The summed E-state index contributed by atoms with van der Waals surface area (Å²) in [4.78, 5) is 25.7. The number of hydrogen-bond donors (Lipinski definition) is 2. The predicted molar refractivity (Wildman–Crippen MR) is 110 cm³/mol. The second-order valence-corrected chi connectivity index (χ2v) is 7.76. The van der Waals surface area contributed by atoms with Gasteiger partial charge in [0.05, 0.1) is 52.7 Å². The molecule has 0 saturated heterocycles. The van der Waals surface area contributed by atoms with E-state index in [2.05, 4.69) is 25.6 Å². The summed E-state index contributed by atoms with van der Waals surface area (Å²) in [5.41, 5.74) is 0.179. The van der Waals surface area contributed by atoms with Gasteiger partial charge in [-0.3, -0.25) is 4.98 Å². The Balaban J connectivity index is 1.88. The molecule has 3 rings (SSSR count). The lowest BCUT2D eigenvalue weighted by Crippen LogP contribution is -2.22. The molecule has 166 valence electrons. The van der Waals surface area contributed by atoms with Crippen LogP contribution < -0.4 is 10.6 Å². The summed E-state index contributed by atoms with van der Waals surface area (Å²) in [6.07, 6.45) is -2.46. The van der Waals surface area contributed by atoms with Crippen molar-refractivity contribution in [2.75, 3.05) is 24.9 Å². The average molecular weight is 455 g/mol. The minimum Gasteiger partial charge on any atom is -0.378 e. The van der Waals surface area contributed by atoms with Crippen molar-refractivity contribution in [1.82, 2.24) is 15.0 Å². The van der Waals surface area contributed by atoms with Crippen LogP contribution >= 0.6 is 11.3 Å². The quantitative estimate of drug-likeness (QED) is 0.548. The molecule has 0 aromatic carbocycles. The Labute approximate surface area is 179 Å². The third kappa shape index (κ3) is 5.09. The number of carbonyl (C=O) groups is 1. The number of pyridine rings is 2. The number of fused-ring (bicyclic) bond motifs is 1. The summed E-state index contributed by atoms with van der Waals surface area (Å²) in [7, 11) is 2.79. The number of hydrogen-bond acceptors (Lipinski definition) is 7. The Kier molecular flexibility index (Phi) is 6.72. The number of amides is 2. The molecule has 1 unspecified atom stereocenters. The van der Waals surface area contributed by atoms with Crippen LogP contribution in [0, 0.1) is 6.92 Å². The number of carbonyl (C=O) groups excluding carboxylic acids is 1. The van der Waals surface area contributed by atoms with Gasteiger partial charge in [-0.25, -0.2) is 14.8 Å². The van der Waals surface area contributed by atoms with Gasteiger partial charge in [0.1, 0.15) is 10.3 Å². The normalized spacial score (nSPS) is 12.7. The van der Waals surface area contributed by atoms with Crippen LogP contribution in [0.1, 0.15) is 34.9 Å². The number of alkyl halides is 3.